The van der Waals surface area contributed by atoms with Crippen molar-refractivity contribution in [3.63, 3.8) is 0 Å². The van der Waals surface area contributed by atoms with Crippen LogP contribution in [0.1, 0.15) is 12.7 Å². The summed E-state index contributed by atoms with van der Waals surface area (Å²) in [5.41, 5.74) is 7.57. The van der Waals surface area contributed by atoms with Gasteiger partial charge in [0.2, 0.25) is 0 Å². The first-order valence-corrected chi connectivity index (χ1v) is 6.04. The summed E-state index contributed by atoms with van der Waals surface area (Å²) in [6.45, 7) is 3.32. The van der Waals surface area contributed by atoms with Gasteiger partial charge in [-0.2, -0.15) is 0 Å². The van der Waals surface area contributed by atoms with Crippen LogP contribution < -0.4 is 15.8 Å². The van der Waals surface area contributed by atoms with Gasteiger partial charge in [-0.15, -0.1) is 0 Å². The number of rotatable bonds is 6. The minimum absolute atomic E-state index is 0.611. The van der Waals surface area contributed by atoms with Gasteiger partial charge in [0.05, 0.1) is 18.0 Å². The van der Waals surface area contributed by atoms with E-state index in [1.165, 1.54) is 0 Å². The second-order valence-electron chi connectivity index (χ2n) is 3.86. The SMILES string of the molecule is CCOc1cccc(NCCc2ncc[nH]2)c1N. The number of nitrogens with two attached hydrogens (primary N) is 1. The molecular weight excluding hydrogens is 228 g/mol. The van der Waals surface area contributed by atoms with Crippen molar-refractivity contribution in [3.8, 4) is 5.75 Å². The molecule has 0 aliphatic heterocycles. The Morgan fingerprint density at radius 1 is 1.44 bits per heavy atom. The molecule has 4 N–H and O–H groups in total. The Kier molecular flexibility index (Phi) is 4.06. The molecule has 18 heavy (non-hydrogen) atoms. The predicted octanol–water partition coefficient (Wildman–Crippen LogP) is 2.05. The van der Waals surface area contributed by atoms with E-state index in [-0.39, 0.29) is 0 Å². The third-order valence-corrected chi connectivity index (χ3v) is 2.60. The number of aromatic nitrogens is 2. The fourth-order valence-electron chi connectivity index (χ4n) is 1.73. The topological polar surface area (TPSA) is 76.0 Å². The van der Waals surface area contributed by atoms with Gasteiger partial charge < -0.3 is 20.8 Å². The molecule has 0 aliphatic rings. The molecule has 0 amide bonds. The van der Waals surface area contributed by atoms with Crippen molar-refractivity contribution in [2.24, 2.45) is 0 Å². The molecule has 2 aromatic rings. The van der Waals surface area contributed by atoms with E-state index in [1.807, 2.05) is 31.3 Å². The van der Waals surface area contributed by atoms with Crippen LogP contribution in [-0.2, 0) is 6.42 Å². The summed E-state index contributed by atoms with van der Waals surface area (Å²) in [4.78, 5) is 7.23. The van der Waals surface area contributed by atoms with Crippen molar-refractivity contribution < 1.29 is 4.74 Å². The number of para-hydroxylation sites is 1. The zero-order chi connectivity index (χ0) is 12.8. The van der Waals surface area contributed by atoms with E-state index in [2.05, 4.69) is 15.3 Å². The number of ether oxygens (including phenoxy) is 1. The Hall–Kier alpha value is -2.17. The molecular formula is C13H18N4O. The number of nitrogens with one attached hydrogen (secondary N) is 2. The zero-order valence-electron chi connectivity index (χ0n) is 10.4. The summed E-state index contributed by atoms with van der Waals surface area (Å²) in [7, 11) is 0. The van der Waals surface area contributed by atoms with Crippen LogP contribution in [0.25, 0.3) is 0 Å². The number of hydrogen-bond acceptors (Lipinski definition) is 4. The van der Waals surface area contributed by atoms with E-state index in [4.69, 9.17) is 10.5 Å². The Labute approximate surface area is 106 Å². The van der Waals surface area contributed by atoms with Crippen molar-refractivity contribution in [2.45, 2.75) is 13.3 Å². The van der Waals surface area contributed by atoms with Crippen molar-refractivity contribution >= 4 is 11.4 Å². The molecule has 5 nitrogen and oxygen atoms in total. The molecule has 0 aliphatic carbocycles. The first kappa shape index (κ1) is 12.3. The van der Waals surface area contributed by atoms with Crippen molar-refractivity contribution in [3.05, 3.63) is 36.4 Å². The molecule has 0 radical (unpaired) electrons. The second-order valence-corrected chi connectivity index (χ2v) is 3.86. The maximum atomic E-state index is 6.02. The smallest absolute Gasteiger partial charge is 0.144 e. The van der Waals surface area contributed by atoms with Gasteiger partial charge in [-0.1, -0.05) is 6.07 Å². The molecule has 0 fully saturated rings. The minimum Gasteiger partial charge on any atom is -0.492 e. The number of anilines is 2. The van der Waals surface area contributed by atoms with Crippen LogP contribution in [0.4, 0.5) is 11.4 Å². The Morgan fingerprint density at radius 2 is 2.33 bits per heavy atom. The minimum atomic E-state index is 0.611. The largest absolute Gasteiger partial charge is 0.492 e. The van der Waals surface area contributed by atoms with Crippen molar-refractivity contribution in [1.29, 1.82) is 0 Å². The molecule has 1 aromatic heterocycles. The number of nitrogen functional groups attached to an aromatic ring is 1. The second kappa shape index (κ2) is 5.95. The predicted molar refractivity (Wildman–Crippen MR) is 72.8 cm³/mol. The third kappa shape index (κ3) is 2.94. The van der Waals surface area contributed by atoms with Gasteiger partial charge in [0.25, 0.3) is 0 Å². The first-order valence-electron chi connectivity index (χ1n) is 6.04. The summed E-state index contributed by atoms with van der Waals surface area (Å²) >= 11 is 0. The Morgan fingerprint density at radius 3 is 3.06 bits per heavy atom. The molecule has 1 aromatic carbocycles. The first-order chi connectivity index (χ1) is 8.81. The van der Waals surface area contributed by atoms with Gasteiger partial charge in [0, 0.05) is 25.4 Å². The van der Waals surface area contributed by atoms with Gasteiger partial charge in [-0.05, 0) is 19.1 Å². The lowest BCUT2D eigenvalue weighted by Gasteiger charge is -2.12. The molecule has 5 heteroatoms. The van der Waals surface area contributed by atoms with Crippen LogP contribution in [0.2, 0.25) is 0 Å². The fourth-order valence-corrected chi connectivity index (χ4v) is 1.73. The molecule has 2 rings (SSSR count). The van der Waals surface area contributed by atoms with Gasteiger partial charge in [0.1, 0.15) is 11.6 Å². The van der Waals surface area contributed by atoms with Gasteiger partial charge in [-0.25, -0.2) is 4.98 Å². The lowest BCUT2D eigenvalue weighted by Crippen LogP contribution is -2.08. The quantitative estimate of drug-likeness (QED) is 0.682. The summed E-state index contributed by atoms with van der Waals surface area (Å²) in [5, 5.41) is 3.29. The lowest BCUT2D eigenvalue weighted by molar-refractivity contribution is 0.342. The van der Waals surface area contributed by atoms with Crippen LogP contribution in [-0.4, -0.2) is 23.1 Å². The van der Waals surface area contributed by atoms with Gasteiger partial charge in [0.15, 0.2) is 0 Å². The maximum Gasteiger partial charge on any atom is 0.144 e. The lowest BCUT2D eigenvalue weighted by atomic mass is 10.2. The standard InChI is InChI=1S/C13H18N4O/c1-2-18-11-5-3-4-10(13(11)14)15-7-6-12-16-8-9-17-12/h3-5,8-9,15H,2,6-7,14H2,1H3,(H,16,17). The van der Waals surface area contributed by atoms with Gasteiger partial charge in [-0.3, -0.25) is 0 Å². The molecule has 96 valence electrons. The van der Waals surface area contributed by atoms with E-state index < -0.39 is 0 Å². The molecule has 0 atom stereocenters. The third-order valence-electron chi connectivity index (χ3n) is 2.60. The zero-order valence-corrected chi connectivity index (χ0v) is 10.4. The van der Waals surface area contributed by atoms with Crippen molar-refractivity contribution in [1.82, 2.24) is 9.97 Å². The van der Waals surface area contributed by atoms with E-state index >= 15 is 0 Å². The number of hydrogen-bond donors (Lipinski definition) is 3. The van der Waals surface area contributed by atoms with Crippen LogP contribution in [0.15, 0.2) is 30.6 Å². The Bertz CT molecular complexity index is 482. The maximum absolute atomic E-state index is 6.02. The molecule has 0 bridgehead atoms. The molecule has 0 spiro atoms. The molecule has 0 saturated heterocycles. The van der Waals surface area contributed by atoms with E-state index in [9.17, 15) is 0 Å². The highest BCUT2D eigenvalue weighted by Crippen LogP contribution is 2.29. The van der Waals surface area contributed by atoms with Crippen molar-refractivity contribution in [2.75, 3.05) is 24.2 Å². The normalized spacial score (nSPS) is 10.3. The Balaban J connectivity index is 1.94. The highest BCUT2D eigenvalue weighted by atomic mass is 16.5. The average Bonchev–Trinajstić information content (AvgIpc) is 2.87. The summed E-state index contributed by atoms with van der Waals surface area (Å²) in [6, 6.07) is 5.74. The molecule has 0 saturated carbocycles. The number of imidazole rings is 1. The van der Waals surface area contributed by atoms with Crippen LogP contribution in [0.5, 0.6) is 5.75 Å². The molecule has 1 heterocycles. The number of aromatic amines is 1. The van der Waals surface area contributed by atoms with Crippen LogP contribution >= 0.6 is 0 Å². The number of H-pyrrole nitrogens is 1. The highest BCUT2D eigenvalue weighted by Gasteiger charge is 2.05. The average molecular weight is 246 g/mol. The summed E-state index contributed by atoms with van der Waals surface area (Å²) in [6.07, 6.45) is 4.39. The van der Waals surface area contributed by atoms with E-state index in [1.54, 1.807) is 6.20 Å². The fraction of sp³-hybridized carbons (Fsp3) is 0.308. The van der Waals surface area contributed by atoms with Crippen LogP contribution in [0.3, 0.4) is 0 Å². The summed E-state index contributed by atoms with van der Waals surface area (Å²) < 4.78 is 5.45. The van der Waals surface area contributed by atoms with E-state index in [0.717, 1.165) is 30.2 Å². The van der Waals surface area contributed by atoms with Crippen LogP contribution in [0, 0.1) is 0 Å². The number of nitrogens with zero attached hydrogens (tertiary/aromatic N) is 1. The number of benzene rings is 1. The highest BCUT2D eigenvalue weighted by molar-refractivity contribution is 5.72. The summed E-state index contributed by atoms with van der Waals surface area (Å²) in [5.74, 6) is 1.68. The molecule has 0 unspecified atom stereocenters. The van der Waals surface area contributed by atoms with Gasteiger partial charge >= 0.3 is 0 Å². The van der Waals surface area contributed by atoms with E-state index in [0.29, 0.717) is 12.3 Å². The monoisotopic (exact) mass is 246 g/mol.